The molecule has 0 aliphatic carbocycles. The average molecular weight is 352 g/mol. The van der Waals surface area contributed by atoms with E-state index in [1.54, 1.807) is 0 Å². The summed E-state index contributed by atoms with van der Waals surface area (Å²) in [5.74, 6) is -0.444. The third-order valence-corrected chi connectivity index (χ3v) is 4.96. The van der Waals surface area contributed by atoms with Crippen molar-refractivity contribution in [1.29, 1.82) is 0 Å². The molecule has 3 rings (SSSR count). The van der Waals surface area contributed by atoms with Crippen LogP contribution in [0.3, 0.4) is 0 Å². The fourth-order valence-electron chi connectivity index (χ4n) is 3.32. The van der Waals surface area contributed by atoms with E-state index >= 15 is 0 Å². The maximum atomic E-state index is 12.5. The van der Waals surface area contributed by atoms with Gasteiger partial charge in [0.2, 0.25) is 5.91 Å². The van der Waals surface area contributed by atoms with Crippen LogP contribution < -0.4 is 5.32 Å². The summed E-state index contributed by atoms with van der Waals surface area (Å²) in [6, 6.07) is 13.4. The summed E-state index contributed by atoms with van der Waals surface area (Å²) >= 11 is 0. The molecular weight excluding hydrogens is 328 g/mol. The van der Waals surface area contributed by atoms with Crippen LogP contribution in [-0.4, -0.2) is 36.5 Å². The number of nitrogens with one attached hydrogen (secondary N) is 1. The molecule has 0 saturated heterocycles. The summed E-state index contributed by atoms with van der Waals surface area (Å²) in [6.07, 6.45) is 0.555. The maximum absolute atomic E-state index is 12.5. The van der Waals surface area contributed by atoms with Crippen LogP contribution in [0.25, 0.3) is 0 Å². The number of methoxy groups -OCH3 is 1. The van der Waals surface area contributed by atoms with E-state index in [1.807, 2.05) is 61.2 Å². The Bertz CT molecular complexity index is 832. The van der Waals surface area contributed by atoms with Crippen molar-refractivity contribution in [2.45, 2.75) is 32.9 Å². The van der Waals surface area contributed by atoms with Crippen LogP contribution in [0, 0.1) is 13.8 Å². The van der Waals surface area contributed by atoms with E-state index in [4.69, 9.17) is 4.74 Å². The Balaban J connectivity index is 1.74. The summed E-state index contributed by atoms with van der Waals surface area (Å²) in [4.78, 5) is 26.6. The Hall–Kier alpha value is -2.66. The smallest absolute Gasteiger partial charge is 0.323 e. The fraction of sp³-hybridized carbons (Fsp3) is 0.333. The van der Waals surface area contributed by atoms with E-state index in [0.717, 1.165) is 22.4 Å². The summed E-state index contributed by atoms with van der Waals surface area (Å²) in [7, 11) is 1.39. The number of hydrogen-bond donors (Lipinski definition) is 1. The van der Waals surface area contributed by atoms with Gasteiger partial charge in [0.15, 0.2) is 0 Å². The highest BCUT2D eigenvalue weighted by Gasteiger charge is 2.33. The van der Waals surface area contributed by atoms with Crippen LogP contribution in [0.5, 0.6) is 0 Å². The molecule has 0 saturated carbocycles. The lowest BCUT2D eigenvalue weighted by Crippen LogP contribution is -2.49. The van der Waals surface area contributed by atoms with Crippen molar-refractivity contribution >= 4 is 17.6 Å². The highest BCUT2D eigenvalue weighted by molar-refractivity contribution is 5.92. The number of esters is 1. The lowest BCUT2D eigenvalue weighted by atomic mass is 9.94. The molecule has 0 bridgehead atoms. The number of carbonyl (C=O) groups excluding carboxylic acids is 2. The van der Waals surface area contributed by atoms with Gasteiger partial charge in [-0.2, -0.15) is 0 Å². The molecule has 2 aromatic carbocycles. The van der Waals surface area contributed by atoms with Crippen molar-refractivity contribution in [3.63, 3.8) is 0 Å². The standard InChI is InChI=1S/C21H24N2O3/c1-14-8-9-18(10-15(14)2)22-20(24)13-23-12-17-7-5-4-6-16(17)11-19(23)21(25)26-3/h4-10,19H,11-13H2,1-3H3,(H,22,24)/t19-/m0/s1. The Morgan fingerprint density at radius 1 is 1.12 bits per heavy atom. The number of carbonyl (C=O) groups is 2. The van der Waals surface area contributed by atoms with E-state index < -0.39 is 6.04 Å². The van der Waals surface area contributed by atoms with Crippen molar-refractivity contribution in [2.24, 2.45) is 0 Å². The van der Waals surface area contributed by atoms with Crippen LogP contribution in [0.1, 0.15) is 22.3 Å². The van der Waals surface area contributed by atoms with Crippen LogP contribution in [0.4, 0.5) is 5.69 Å². The van der Waals surface area contributed by atoms with Crippen molar-refractivity contribution in [1.82, 2.24) is 4.90 Å². The molecule has 0 aromatic heterocycles. The van der Waals surface area contributed by atoms with E-state index in [1.165, 1.54) is 12.7 Å². The van der Waals surface area contributed by atoms with Crippen molar-refractivity contribution in [3.8, 4) is 0 Å². The van der Waals surface area contributed by atoms with E-state index in [2.05, 4.69) is 5.32 Å². The Kier molecular flexibility index (Phi) is 5.38. The molecule has 1 aliphatic heterocycles. The lowest BCUT2D eigenvalue weighted by molar-refractivity contribution is -0.148. The van der Waals surface area contributed by atoms with Crippen LogP contribution in [-0.2, 0) is 27.3 Å². The summed E-state index contributed by atoms with van der Waals surface area (Å²) < 4.78 is 4.95. The molecule has 0 spiro atoms. The Labute approximate surface area is 154 Å². The van der Waals surface area contributed by atoms with Gasteiger partial charge in [-0.1, -0.05) is 30.3 Å². The Morgan fingerprint density at radius 2 is 1.85 bits per heavy atom. The van der Waals surface area contributed by atoms with Gasteiger partial charge in [0, 0.05) is 12.2 Å². The third kappa shape index (κ3) is 3.94. The molecule has 5 nitrogen and oxygen atoms in total. The minimum Gasteiger partial charge on any atom is -0.468 e. The average Bonchev–Trinajstić information content (AvgIpc) is 2.63. The monoisotopic (exact) mass is 352 g/mol. The van der Waals surface area contributed by atoms with E-state index in [9.17, 15) is 9.59 Å². The number of anilines is 1. The summed E-state index contributed by atoms with van der Waals surface area (Å²) in [6.45, 7) is 4.74. The first kappa shape index (κ1) is 18.1. The second-order valence-corrected chi connectivity index (χ2v) is 6.76. The van der Waals surface area contributed by atoms with Crippen molar-refractivity contribution in [3.05, 3.63) is 64.7 Å². The Morgan fingerprint density at radius 3 is 2.54 bits per heavy atom. The van der Waals surface area contributed by atoms with Gasteiger partial charge in [0.1, 0.15) is 6.04 Å². The minimum absolute atomic E-state index is 0.137. The normalized spacial score (nSPS) is 16.7. The van der Waals surface area contributed by atoms with Crippen LogP contribution in [0.2, 0.25) is 0 Å². The first-order chi connectivity index (χ1) is 12.5. The topological polar surface area (TPSA) is 58.6 Å². The molecule has 1 N–H and O–H groups in total. The minimum atomic E-state index is -0.444. The number of aryl methyl sites for hydroxylation is 2. The third-order valence-electron chi connectivity index (χ3n) is 4.96. The number of fused-ring (bicyclic) bond motifs is 1. The predicted molar refractivity (Wildman–Crippen MR) is 101 cm³/mol. The van der Waals surface area contributed by atoms with Gasteiger partial charge in [-0.3, -0.25) is 14.5 Å². The molecular formula is C21H24N2O3. The van der Waals surface area contributed by atoms with Gasteiger partial charge in [-0.05, 0) is 54.7 Å². The first-order valence-corrected chi connectivity index (χ1v) is 8.73. The predicted octanol–water partition coefficient (Wildman–Crippen LogP) is 2.84. The van der Waals surface area contributed by atoms with Crippen molar-refractivity contribution < 1.29 is 14.3 Å². The summed E-state index contributed by atoms with van der Waals surface area (Å²) in [5, 5.41) is 2.93. The molecule has 136 valence electrons. The highest BCUT2D eigenvalue weighted by atomic mass is 16.5. The second kappa shape index (κ2) is 7.70. The zero-order valence-electron chi connectivity index (χ0n) is 15.4. The zero-order chi connectivity index (χ0) is 18.7. The molecule has 5 heteroatoms. The van der Waals surface area contributed by atoms with Gasteiger partial charge in [-0.25, -0.2) is 0 Å². The second-order valence-electron chi connectivity index (χ2n) is 6.76. The number of rotatable bonds is 4. The largest absolute Gasteiger partial charge is 0.468 e. The van der Waals surface area contributed by atoms with Gasteiger partial charge in [-0.15, -0.1) is 0 Å². The van der Waals surface area contributed by atoms with E-state index in [0.29, 0.717) is 13.0 Å². The molecule has 26 heavy (non-hydrogen) atoms. The fourth-order valence-corrected chi connectivity index (χ4v) is 3.32. The quantitative estimate of drug-likeness (QED) is 0.860. The molecule has 1 aliphatic rings. The molecule has 1 amide bonds. The molecule has 1 heterocycles. The number of amides is 1. The lowest BCUT2D eigenvalue weighted by Gasteiger charge is -2.34. The van der Waals surface area contributed by atoms with Gasteiger partial charge in [0.05, 0.1) is 13.7 Å². The molecule has 1 atom stereocenters. The van der Waals surface area contributed by atoms with Crippen LogP contribution >= 0.6 is 0 Å². The first-order valence-electron chi connectivity index (χ1n) is 8.73. The van der Waals surface area contributed by atoms with Gasteiger partial charge < -0.3 is 10.1 Å². The van der Waals surface area contributed by atoms with Gasteiger partial charge in [0.25, 0.3) is 0 Å². The maximum Gasteiger partial charge on any atom is 0.323 e. The number of benzene rings is 2. The number of hydrogen-bond acceptors (Lipinski definition) is 4. The molecule has 0 fully saturated rings. The van der Waals surface area contributed by atoms with Crippen molar-refractivity contribution in [2.75, 3.05) is 19.0 Å². The zero-order valence-corrected chi connectivity index (χ0v) is 15.4. The number of nitrogens with zero attached hydrogens (tertiary/aromatic N) is 1. The number of ether oxygens (including phenoxy) is 1. The molecule has 2 aromatic rings. The molecule has 0 radical (unpaired) electrons. The van der Waals surface area contributed by atoms with Crippen LogP contribution in [0.15, 0.2) is 42.5 Å². The molecule has 0 unspecified atom stereocenters. The summed E-state index contributed by atoms with van der Waals surface area (Å²) in [5.41, 5.74) is 5.36. The highest BCUT2D eigenvalue weighted by Crippen LogP contribution is 2.24. The SMILES string of the molecule is COC(=O)[C@@H]1Cc2ccccc2CN1CC(=O)Nc1ccc(C)c(C)c1. The van der Waals surface area contributed by atoms with E-state index in [-0.39, 0.29) is 18.4 Å². The van der Waals surface area contributed by atoms with Gasteiger partial charge >= 0.3 is 5.97 Å².